The second-order valence-electron chi connectivity index (χ2n) is 4.09. The summed E-state index contributed by atoms with van der Waals surface area (Å²) in [6, 6.07) is 10.8. The topological polar surface area (TPSA) is 81.6 Å². The molecule has 5 nitrogen and oxygen atoms in total. The predicted octanol–water partition coefficient (Wildman–Crippen LogP) is 0.859. The summed E-state index contributed by atoms with van der Waals surface area (Å²) in [5, 5.41) is 3.87. The number of aryl methyl sites for hydroxylation is 1. The van der Waals surface area contributed by atoms with Crippen LogP contribution in [0.3, 0.4) is 0 Å². The summed E-state index contributed by atoms with van der Waals surface area (Å²) in [5.41, 5.74) is 10.6. The Morgan fingerprint density at radius 2 is 1.74 bits per heavy atom. The van der Waals surface area contributed by atoms with Gasteiger partial charge in [-0.2, -0.15) is 5.10 Å². The van der Waals surface area contributed by atoms with E-state index < -0.39 is 0 Å². The highest BCUT2D eigenvalue weighted by Crippen LogP contribution is 2.02. The van der Waals surface area contributed by atoms with Crippen LogP contribution in [0.25, 0.3) is 0 Å². The lowest BCUT2D eigenvalue weighted by atomic mass is 10.1. The molecule has 0 bridgehead atoms. The number of nitrogens with one attached hydrogen (secondary N) is 2. The quantitative estimate of drug-likeness (QED) is 0.484. The fourth-order valence-corrected chi connectivity index (χ4v) is 1.50. The first-order chi connectivity index (χ1) is 9.16. The number of carbonyl (C=O) groups excluding carboxylic acids is 1. The number of hydrazone groups is 1. The van der Waals surface area contributed by atoms with E-state index in [-0.39, 0.29) is 11.7 Å². The predicted molar refractivity (Wildman–Crippen MR) is 72.4 cm³/mol. The number of hydrogen-bond acceptors (Lipinski definition) is 2. The third-order valence-electron chi connectivity index (χ3n) is 2.61. The van der Waals surface area contributed by atoms with Gasteiger partial charge in [0.1, 0.15) is 0 Å². The Morgan fingerprint density at radius 3 is 2.37 bits per heavy atom. The number of nitrogens with two attached hydrogens (primary N) is 1. The van der Waals surface area contributed by atoms with Crippen molar-refractivity contribution in [3.05, 3.63) is 65.5 Å². The number of hydrogen-bond donors (Lipinski definition) is 2. The van der Waals surface area contributed by atoms with Crippen molar-refractivity contribution in [2.45, 2.75) is 6.92 Å². The molecule has 96 valence electrons. The molecule has 0 fully saturated rings. The molecule has 0 aliphatic carbocycles. The van der Waals surface area contributed by atoms with Crippen LogP contribution in [0.2, 0.25) is 0 Å². The molecule has 0 atom stereocenters. The molecule has 0 unspecified atom stereocenters. The molecule has 0 radical (unpaired) electrons. The van der Waals surface area contributed by atoms with Crippen molar-refractivity contribution in [1.29, 1.82) is 0 Å². The molecule has 5 heteroatoms. The number of pyridine rings is 1. The first kappa shape index (κ1) is 12.8. The Bertz CT molecular complexity index is 591. The summed E-state index contributed by atoms with van der Waals surface area (Å²) < 4.78 is 0. The van der Waals surface area contributed by atoms with Gasteiger partial charge in [-0.15, -0.1) is 0 Å². The Labute approximate surface area is 111 Å². The normalized spacial score (nSPS) is 11.1. The zero-order valence-corrected chi connectivity index (χ0v) is 10.6. The van der Waals surface area contributed by atoms with Gasteiger partial charge in [-0.1, -0.05) is 17.7 Å². The van der Waals surface area contributed by atoms with Crippen molar-refractivity contribution in [3.8, 4) is 0 Å². The number of aromatic amines is 1. The number of nitrogens with zero attached hydrogens (tertiary/aromatic N) is 1. The first-order valence-corrected chi connectivity index (χ1v) is 5.83. The van der Waals surface area contributed by atoms with Crippen molar-refractivity contribution in [2.24, 2.45) is 10.8 Å². The van der Waals surface area contributed by atoms with Crippen LogP contribution >= 0.6 is 0 Å². The lowest BCUT2D eigenvalue weighted by Gasteiger charge is -2.02. The van der Waals surface area contributed by atoms with Gasteiger partial charge in [0, 0.05) is 23.3 Å². The second-order valence-corrected chi connectivity index (χ2v) is 4.09. The zero-order chi connectivity index (χ0) is 13.7. The Kier molecular flexibility index (Phi) is 3.87. The number of H-pyrrole nitrogens is 1. The molecule has 4 N–H and O–H groups in total. The number of amidine groups is 1. The lowest BCUT2D eigenvalue weighted by Crippen LogP contribution is -2.24. The molecule has 1 aromatic carbocycles. The maximum Gasteiger partial charge on any atom is 0.271 e. The molecule has 1 aromatic heterocycles. The zero-order valence-electron chi connectivity index (χ0n) is 10.6. The molecule has 0 saturated heterocycles. The Morgan fingerprint density at radius 1 is 1.11 bits per heavy atom. The molecule has 0 aliphatic rings. The summed E-state index contributed by atoms with van der Waals surface area (Å²) in [6.07, 6.45) is 3.47. The average Bonchev–Trinajstić information content (AvgIpc) is 2.46. The molecule has 0 saturated carbocycles. The second kappa shape index (κ2) is 5.77. The van der Waals surface area contributed by atoms with Gasteiger partial charge >= 0.3 is 0 Å². The maximum atomic E-state index is 11.8. The van der Waals surface area contributed by atoms with Crippen LogP contribution in [0.1, 0.15) is 21.5 Å². The van der Waals surface area contributed by atoms with Crippen molar-refractivity contribution < 1.29 is 9.78 Å². The molecular weight excluding hydrogens is 240 g/mol. The first-order valence-electron chi connectivity index (χ1n) is 5.83. The number of amides is 1. The van der Waals surface area contributed by atoms with Gasteiger partial charge in [-0.25, -0.2) is 10.4 Å². The number of benzene rings is 1. The van der Waals surface area contributed by atoms with E-state index in [2.05, 4.69) is 15.5 Å². The highest BCUT2D eigenvalue weighted by Gasteiger charge is 2.04. The largest absolute Gasteiger partial charge is 0.382 e. The van der Waals surface area contributed by atoms with Gasteiger partial charge < -0.3 is 5.73 Å². The van der Waals surface area contributed by atoms with Crippen LogP contribution in [0.4, 0.5) is 0 Å². The Hall–Kier alpha value is -2.69. The van der Waals surface area contributed by atoms with Gasteiger partial charge in [0.15, 0.2) is 18.2 Å². The van der Waals surface area contributed by atoms with Gasteiger partial charge in [-0.05, 0) is 19.1 Å². The van der Waals surface area contributed by atoms with Crippen LogP contribution < -0.4 is 16.1 Å². The fraction of sp³-hybridized carbons (Fsp3) is 0.0714. The number of carbonyl (C=O) groups is 1. The molecule has 19 heavy (non-hydrogen) atoms. The minimum absolute atomic E-state index is 0.259. The Balaban J connectivity index is 2.06. The van der Waals surface area contributed by atoms with E-state index in [0.29, 0.717) is 5.56 Å². The SMILES string of the molecule is Cc1ccc(C(=O)NN=C(N)c2cc[nH+]cc2)cc1. The van der Waals surface area contributed by atoms with E-state index in [4.69, 9.17) is 5.73 Å². The van der Waals surface area contributed by atoms with Crippen molar-refractivity contribution in [1.82, 2.24) is 5.43 Å². The van der Waals surface area contributed by atoms with E-state index in [1.807, 2.05) is 19.1 Å². The van der Waals surface area contributed by atoms with Crippen LogP contribution in [0, 0.1) is 6.92 Å². The lowest BCUT2D eigenvalue weighted by molar-refractivity contribution is -0.378. The van der Waals surface area contributed by atoms with E-state index in [9.17, 15) is 4.79 Å². The third kappa shape index (κ3) is 3.38. The summed E-state index contributed by atoms with van der Waals surface area (Å²) in [5.74, 6) is -0.0279. The summed E-state index contributed by atoms with van der Waals surface area (Å²) >= 11 is 0. The molecule has 2 rings (SSSR count). The smallest absolute Gasteiger partial charge is 0.271 e. The van der Waals surface area contributed by atoms with Crippen LogP contribution in [-0.4, -0.2) is 11.7 Å². The van der Waals surface area contributed by atoms with E-state index in [0.717, 1.165) is 11.1 Å². The summed E-state index contributed by atoms with van der Waals surface area (Å²) in [7, 11) is 0. The van der Waals surface area contributed by atoms with Gasteiger partial charge in [-0.3, -0.25) is 4.79 Å². The highest BCUT2D eigenvalue weighted by atomic mass is 16.2. The van der Waals surface area contributed by atoms with Crippen LogP contribution in [0.15, 0.2) is 53.9 Å². The van der Waals surface area contributed by atoms with Crippen molar-refractivity contribution in [2.75, 3.05) is 0 Å². The molecular formula is C14H15N4O+. The van der Waals surface area contributed by atoms with E-state index in [1.165, 1.54) is 0 Å². The van der Waals surface area contributed by atoms with E-state index in [1.54, 1.807) is 36.7 Å². The van der Waals surface area contributed by atoms with Crippen LogP contribution in [0.5, 0.6) is 0 Å². The monoisotopic (exact) mass is 255 g/mol. The average molecular weight is 255 g/mol. The van der Waals surface area contributed by atoms with Crippen LogP contribution in [-0.2, 0) is 0 Å². The maximum absolute atomic E-state index is 11.8. The van der Waals surface area contributed by atoms with Gasteiger partial charge in [0.2, 0.25) is 0 Å². The minimum Gasteiger partial charge on any atom is -0.382 e. The molecule has 1 amide bonds. The third-order valence-corrected chi connectivity index (χ3v) is 2.61. The molecule has 2 aromatic rings. The minimum atomic E-state index is -0.287. The summed E-state index contributed by atoms with van der Waals surface area (Å²) in [4.78, 5) is 14.7. The highest BCUT2D eigenvalue weighted by molar-refractivity contribution is 5.99. The van der Waals surface area contributed by atoms with E-state index >= 15 is 0 Å². The summed E-state index contributed by atoms with van der Waals surface area (Å²) in [6.45, 7) is 1.96. The standard InChI is InChI=1S/C14H14N4O/c1-10-2-4-12(5-3-10)14(19)18-17-13(15)11-6-8-16-9-7-11/h2-9H,1H3,(H2,15,17)(H,18,19)/p+1. The van der Waals surface area contributed by atoms with Crippen molar-refractivity contribution in [3.63, 3.8) is 0 Å². The molecule has 1 heterocycles. The number of rotatable bonds is 3. The number of aromatic nitrogens is 1. The van der Waals surface area contributed by atoms with Gasteiger partial charge in [0.05, 0.1) is 0 Å². The molecule has 0 spiro atoms. The van der Waals surface area contributed by atoms with Crippen molar-refractivity contribution >= 4 is 11.7 Å². The molecule has 0 aliphatic heterocycles. The van der Waals surface area contributed by atoms with Gasteiger partial charge in [0.25, 0.3) is 5.91 Å². The fourth-order valence-electron chi connectivity index (χ4n) is 1.50.